The smallest absolute Gasteiger partial charge is 0.0591 e. The monoisotopic (exact) mass is 337 g/mol. The van der Waals surface area contributed by atoms with Crippen LogP contribution < -0.4 is 5.32 Å². The Balaban J connectivity index is 2.55. The van der Waals surface area contributed by atoms with Crippen LogP contribution in [0.1, 0.15) is 28.3 Å². The molecule has 0 aromatic heterocycles. The molecule has 1 unspecified atom stereocenters. The van der Waals surface area contributed by atoms with E-state index in [1.807, 2.05) is 25.2 Å². The maximum absolute atomic E-state index is 6.32. The van der Waals surface area contributed by atoms with Crippen molar-refractivity contribution in [1.29, 1.82) is 0 Å². The van der Waals surface area contributed by atoms with Gasteiger partial charge in [0, 0.05) is 9.50 Å². The molecule has 2 rings (SSSR count). The lowest BCUT2D eigenvalue weighted by Crippen LogP contribution is -2.19. The summed E-state index contributed by atoms with van der Waals surface area (Å²) >= 11 is 9.90. The van der Waals surface area contributed by atoms with Crippen molar-refractivity contribution >= 4 is 27.5 Å². The fraction of sp³-hybridized carbons (Fsp3) is 0.250. The van der Waals surface area contributed by atoms with Crippen LogP contribution in [0.2, 0.25) is 5.02 Å². The van der Waals surface area contributed by atoms with Crippen LogP contribution in [-0.4, -0.2) is 7.05 Å². The van der Waals surface area contributed by atoms with Crippen LogP contribution in [0.3, 0.4) is 0 Å². The average Bonchev–Trinajstić information content (AvgIpc) is 2.38. The van der Waals surface area contributed by atoms with E-state index in [-0.39, 0.29) is 6.04 Å². The second-order valence-electron chi connectivity index (χ2n) is 4.70. The molecule has 0 aliphatic heterocycles. The second-order valence-corrected chi connectivity index (χ2v) is 5.96. The van der Waals surface area contributed by atoms with Crippen LogP contribution in [0.5, 0.6) is 0 Å². The molecule has 0 spiro atoms. The van der Waals surface area contributed by atoms with E-state index in [1.165, 1.54) is 16.7 Å². The zero-order valence-corrected chi connectivity index (χ0v) is 13.6. The summed E-state index contributed by atoms with van der Waals surface area (Å²) in [6.07, 6.45) is 0. The summed E-state index contributed by atoms with van der Waals surface area (Å²) in [4.78, 5) is 0. The van der Waals surface area contributed by atoms with Gasteiger partial charge in [0.25, 0.3) is 0 Å². The molecular weight excluding hydrogens is 322 g/mol. The minimum absolute atomic E-state index is 0.112. The number of halogens is 2. The zero-order valence-electron chi connectivity index (χ0n) is 11.3. The number of hydrogen-bond acceptors (Lipinski definition) is 1. The van der Waals surface area contributed by atoms with Crippen molar-refractivity contribution in [3.05, 3.63) is 68.1 Å². The van der Waals surface area contributed by atoms with Crippen LogP contribution in [-0.2, 0) is 0 Å². The van der Waals surface area contributed by atoms with Crippen molar-refractivity contribution in [3.8, 4) is 0 Å². The van der Waals surface area contributed by atoms with Crippen molar-refractivity contribution in [1.82, 2.24) is 5.32 Å². The number of hydrogen-bond donors (Lipinski definition) is 1. The van der Waals surface area contributed by atoms with Gasteiger partial charge in [-0.05, 0) is 55.3 Å². The van der Waals surface area contributed by atoms with E-state index in [1.54, 1.807) is 0 Å². The third-order valence-corrected chi connectivity index (χ3v) is 4.56. The highest BCUT2D eigenvalue weighted by molar-refractivity contribution is 9.10. The van der Waals surface area contributed by atoms with Crippen LogP contribution >= 0.6 is 27.5 Å². The summed E-state index contributed by atoms with van der Waals surface area (Å²) in [7, 11) is 1.96. The normalized spacial score (nSPS) is 12.5. The first kappa shape index (κ1) is 14.6. The third kappa shape index (κ3) is 3.02. The molecule has 2 aromatic rings. The van der Waals surface area contributed by atoms with Gasteiger partial charge in [-0.1, -0.05) is 51.8 Å². The minimum Gasteiger partial charge on any atom is -0.309 e. The lowest BCUT2D eigenvalue weighted by atomic mass is 9.93. The van der Waals surface area contributed by atoms with Crippen molar-refractivity contribution < 1.29 is 0 Å². The Bertz CT molecular complexity index is 595. The molecule has 3 heteroatoms. The van der Waals surface area contributed by atoms with Gasteiger partial charge in [-0.25, -0.2) is 0 Å². The lowest BCUT2D eigenvalue weighted by molar-refractivity contribution is 0.687. The number of nitrogens with one attached hydrogen (secondary N) is 1. The third-order valence-electron chi connectivity index (χ3n) is 3.36. The van der Waals surface area contributed by atoms with Crippen LogP contribution in [0.4, 0.5) is 0 Å². The van der Waals surface area contributed by atoms with E-state index in [0.717, 1.165) is 15.1 Å². The molecule has 19 heavy (non-hydrogen) atoms. The first-order chi connectivity index (χ1) is 9.04. The molecule has 0 aliphatic rings. The molecule has 0 amide bonds. The van der Waals surface area contributed by atoms with Crippen LogP contribution in [0.15, 0.2) is 40.9 Å². The molecular formula is C16H17BrClN. The van der Waals surface area contributed by atoms with E-state index in [4.69, 9.17) is 11.6 Å². The fourth-order valence-electron chi connectivity index (χ4n) is 2.30. The van der Waals surface area contributed by atoms with Gasteiger partial charge in [-0.2, -0.15) is 0 Å². The zero-order chi connectivity index (χ0) is 14.0. The second kappa shape index (κ2) is 6.08. The molecule has 0 radical (unpaired) electrons. The lowest BCUT2D eigenvalue weighted by Gasteiger charge is -2.21. The SMILES string of the molecule is CNC(c1cc(C)c(Br)cc1C)c1ccccc1Cl. The Morgan fingerprint density at radius 2 is 1.74 bits per heavy atom. The Morgan fingerprint density at radius 3 is 2.37 bits per heavy atom. The highest BCUT2D eigenvalue weighted by Gasteiger charge is 2.17. The van der Waals surface area contributed by atoms with Gasteiger partial charge in [0.2, 0.25) is 0 Å². The van der Waals surface area contributed by atoms with Gasteiger partial charge in [-0.15, -0.1) is 0 Å². The molecule has 2 aromatic carbocycles. The molecule has 1 nitrogen and oxygen atoms in total. The Morgan fingerprint density at radius 1 is 1.05 bits per heavy atom. The van der Waals surface area contributed by atoms with Crippen molar-refractivity contribution in [2.75, 3.05) is 7.05 Å². The topological polar surface area (TPSA) is 12.0 Å². The Hall–Kier alpha value is -0.830. The first-order valence-electron chi connectivity index (χ1n) is 6.23. The van der Waals surface area contributed by atoms with E-state index in [2.05, 4.69) is 53.3 Å². The van der Waals surface area contributed by atoms with Crippen molar-refractivity contribution in [2.45, 2.75) is 19.9 Å². The number of aryl methyl sites for hydroxylation is 2. The van der Waals surface area contributed by atoms with E-state index in [0.29, 0.717) is 0 Å². The standard InChI is InChI=1S/C16H17BrClN/c1-10-9-14(17)11(2)8-13(10)16(19-3)12-6-4-5-7-15(12)18/h4-9,16,19H,1-3H3. The maximum atomic E-state index is 6.32. The number of benzene rings is 2. The molecule has 1 N–H and O–H groups in total. The average molecular weight is 339 g/mol. The van der Waals surface area contributed by atoms with E-state index >= 15 is 0 Å². The van der Waals surface area contributed by atoms with Gasteiger partial charge in [0.05, 0.1) is 6.04 Å². The molecule has 0 heterocycles. The summed E-state index contributed by atoms with van der Waals surface area (Å²) < 4.78 is 1.14. The molecule has 0 bridgehead atoms. The molecule has 1 atom stereocenters. The van der Waals surface area contributed by atoms with Crippen molar-refractivity contribution in [3.63, 3.8) is 0 Å². The first-order valence-corrected chi connectivity index (χ1v) is 7.40. The highest BCUT2D eigenvalue weighted by atomic mass is 79.9. The van der Waals surface area contributed by atoms with Gasteiger partial charge in [-0.3, -0.25) is 0 Å². The molecule has 0 saturated carbocycles. The van der Waals surface area contributed by atoms with Gasteiger partial charge in [0.15, 0.2) is 0 Å². The summed E-state index contributed by atoms with van der Waals surface area (Å²) in [6, 6.07) is 12.5. The number of rotatable bonds is 3. The molecule has 0 aliphatic carbocycles. The van der Waals surface area contributed by atoms with E-state index < -0.39 is 0 Å². The summed E-state index contributed by atoms with van der Waals surface area (Å²) in [5.41, 5.74) is 4.84. The summed E-state index contributed by atoms with van der Waals surface area (Å²) in [5, 5.41) is 4.16. The van der Waals surface area contributed by atoms with Crippen LogP contribution in [0.25, 0.3) is 0 Å². The quantitative estimate of drug-likeness (QED) is 0.828. The molecule has 0 fully saturated rings. The predicted molar refractivity (Wildman–Crippen MR) is 86.0 cm³/mol. The molecule has 0 saturated heterocycles. The van der Waals surface area contributed by atoms with Crippen LogP contribution in [0, 0.1) is 13.8 Å². The van der Waals surface area contributed by atoms with Crippen molar-refractivity contribution in [2.24, 2.45) is 0 Å². The fourth-order valence-corrected chi connectivity index (χ4v) is 3.00. The van der Waals surface area contributed by atoms with Gasteiger partial charge >= 0.3 is 0 Å². The Kier molecular flexibility index (Phi) is 4.67. The summed E-state index contributed by atoms with van der Waals surface area (Å²) in [5.74, 6) is 0. The molecule has 100 valence electrons. The van der Waals surface area contributed by atoms with E-state index in [9.17, 15) is 0 Å². The largest absolute Gasteiger partial charge is 0.309 e. The van der Waals surface area contributed by atoms with Gasteiger partial charge in [0.1, 0.15) is 0 Å². The highest BCUT2D eigenvalue weighted by Crippen LogP contribution is 2.32. The Labute approximate surface area is 128 Å². The summed E-state index contributed by atoms with van der Waals surface area (Å²) in [6.45, 7) is 4.23. The predicted octanol–water partition coefficient (Wildman–Crippen LogP) is 5.03. The minimum atomic E-state index is 0.112. The van der Waals surface area contributed by atoms with Gasteiger partial charge < -0.3 is 5.32 Å². The maximum Gasteiger partial charge on any atom is 0.0591 e.